The highest BCUT2D eigenvalue weighted by Crippen LogP contribution is 2.27. The molecule has 144 valence electrons. The number of aromatic nitrogens is 4. The largest absolute Gasteiger partial charge is 0.325 e. The van der Waals surface area contributed by atoms with Crippen LogP contribution in [0.4, 0.5) is 5.69 Å². The number of para-hydroxylation sites is 1. The van der Waals surface area contributed by atoms with Gasteiger partial charge in [-0.15, -0.1) is 15.3 Å². The third kappa shape index (κ3) is 4.66. The van der Waals surface area contributed by atoms with Crippen molar-refractivity contribution < 1.29 is 4.79 Å². The molecule has 0 unspecified atom stereocenters. The Balaban J connectivity index is 1.65. The Kier molecular flexibility index (Phi) is 6.13. The second-order valence-electron chi connectivity index (χ2n) is 6.96. The molecule has 3 N–H and O–H groups in total. The lowest BCUT2D eigenvalue weighted by Crippen LogP contribution is -2.17. The number of hydrogen-bond donors (Lipinski definition) is 2. The number of hydrogen-bond acceptors (Lipinski definition) is 7. The summed E-state index contributed by atoms with van der Waals surface area (Å²) < 4.78 is 2.47. The van der Waals surface area contributed by atoms with Crippen molar-refractivity contribution in [3.05, 3.63) is 35.2 Å². The molecular weight excluding hydrogens is 380 g/mol. The monoisotopic (exact) mass is 404 g/mol. The number of nitrogens with one attached hydrogen (secondary N) is 1. The fraction of sp³-hybridized carbons (Fsp3) is 0.444. The van der Waals surface area contributed by atoms with Crippen molar-refractivity contribution in [3.8, 4) is 0 Å². The maximum atomic E-state index is 12.3. The second kappa shape index (κ2) is 8.37. The Hall–Kier alpha value is -1.97. The van der Waals surface area contributed by atoms with Crippen LogP contribution in [0.2, 0.25) is 0 Å². The van der Waals surface area contributed by atoms with E-state index in [-0.39, 0.29) is 17.7 Å². The molecule has 1 atom stereocenters. The van der Waals surface area contributed by atoms with E-state index in [1.54, 1.807) is 4.52 Å². The van der Waals surface area contributed by atoms with Gasteiger partial charge < -0.3 is 11.1 Å². The van der Waals surface area contributed by atoms with Crippen molar-refractivity contribution >= 4 is 39.7 Å². The quantitative estimate of drug-likeness (QED) is 0.584. The highest BCUT2D eigenvalue weighted by molar-refractivity contribution is 8.01. The van der Waals surface area contributed by atoms with Crippen molar-refractivity contribution in [3.63, 3.8) is 0 Å². The Morgan fingerprint density at radius 3 is 2.67 bits per heavy atom. The normalized spacial score (nSPS) is 12.7. The molecule has 2 heterocycles. The maximum Gasteiger partial charge on any atom is 0.235 e. The van der Waals surface area contributed by atoms with Crippen LogP contribution in [-0.4, -0.2) is 31.5 Å². The predicted octanol–water partition coefficient (Wildman–Crippen LogP) is 3.58. The van der Waals surface area contributed by atoms with Gasteiger partial charge in [0.05, 0.1) is 11.8 Å². The average molecular weight is 405 g/mol. The van der Waals surface area contributed by atoms with Crippen molar-refractivity contribution in [2.45, 2.75) is 44.5 Å². The van der Waals surface area contributed by atoms with Gasteiger partial charge in [0, 0.05) is 5.69 Å². The lowest BCUT2D eigenvalue weighted by molar-refractivity contribution is -0.113. The molecule has 1 aromatic carbocycles. The summed E-state index contributed by atoms with van der Waals surface area (Å²) >= 11 is 2.80. The topological polar surface area (TPSA) is 98.2 Å². The van der Waals surface area contributed by atoms with Crippen molar-refractivity contribution in [1.29, 1.82) is 0 Å². The molecule has 9 heteroatoms. The first kappa shape index (κ1) is 19.8. The smallest absolute Gasteiger partial charge is 0.235 e. The van der Waals surface area contributed by atoms with E-state index >= 15 is 0 Å². The van der Waals surface area contributed by atoms with Gasteiger partial charge in [-0.05, 0) is 37.3 Å². The maximum absolute atomic E-state index is 12.3. The number of amides is 1. The molecule has 27 heavy (non-hydrogen) atoms. The molecule has 0 radical (unpaired) electrons. The van der Waals surface area contributed by atoms with E-state index in [9.17, 15) is 4.79 Å². The Morgan fingerprint density at radius 2 is 2.00 bits per heavy atom. The first-order valence-electron chi connectivity index (χ1n) is 8.81. The fourth-order valence-electron chi connectivity index (χ4n) is 2.83. The number of aryl methyl sites for hydroxylation is 2. The number of anilines is 1. The predicted molar refractivity (Wildman–Crippen MR) is 110 cm³/mol. The average Bonchev–Trinajstić information content (AvgIpc) is 3.15. The Bertz CT molecular complexity index is 928. The van der Waals surface area contributed by atoms with Gasteiger partial charge in [0.15, 0.2) is 10.2 Å². The summed E-state index contributed by atoms with van der Waals surface area (Å²) in [4.78, 5) is 13.0. The zero-order chi connectivity index (χ0) is 19.6. The second-order valence-corrected chi connectivity index (χ2v) is 9.14. The fourth-order valence-corrected chi connectivity index (χ4v) is 4.52. The number of carbonyl (C=O) groups is 1. The van der Waals surface area contributed by atoms with Crippen LogP contribution in [-0.2, 0) is 4.79 Å². The van der Waals surface area contributed by atoms with Crippen LogP contribution in [0.15, 0.2) is 22.5 Å². The van der Waals surface area contributed by atoms with Crippen LogP contribution in [0.1, 0.15) is 43.3 Å². The zero-order valence-electron chi connectivity index (χ0n) is 15.9. The number of carbonyl (C=O) groups excluding carboxylic acids is 1. The molecule has 0 fully saturated rings. The third-order valence-electron chi connectivity index (χ3n) is 4.13. The molecule has 0 spiro atoms. The molecule has 0 saturated carbocycles. The first-order chi connectivity index (χ1) is 12.8. The molecule has 7 nitrogen and oxygen atoms in total. The number of benzene rings is 1. The van der Waals surface area contributed by atoms with Crippen molar-refractivity contribution in [2.75, 3.05) is 11.1 Å². The molecule has 2 aromatic heterocycles. The van der Waals surface area contributed by atoms with Gasteiger partial charge in [-0.3, -0.25) is 4.79 Å². The van der Waals surface area contributed by atoms with Crippen molar-refractivity contribution in [1.82, 2.24) is 19.8 Å². The van der Waals surface area contributed by atoms with Gasteiger partial charge in [-0.25, -0.2) is 0 Å². The zero-order valence-corrected chi connectivity index (χ0v) is 17.5. The SMILES string of the molecule is Cc1cccc(C)c1NC(=O)CSc1nn2c([C@@H](N)CC(C)C)nnc2s1. The summed E-state index contributed by atoms with van der Waals surface area (Å²) in [6.45, 7) is 8.21. The van der Waals surface area contributed by atoms with Gasteiger partial charge in [0.25, 0.3) is 0 Å². The molecule has 0 aliphatic rings. The van der Waals surface area contributed by atoms with E-state index in [2.05, 4.69) is 34.5 Å². The Labute approximate surface area is 166 Å². The number of nitrogens with two attached hydrogens (primary N) is 1. The number of nitrogens with zero attached hydrogens (tertiary/aromatic N) is 4. The van der Waals surface area contributed by atoms with Gasteiger partial charge in [-0.2, -0.15) is 4.52 Å². The minimum absolute atomic E-state index is 0.0555. The Morgan fingerprint density at radius 1 is 1.30 bits per heavy atom. The van der Waals surface area contributed by atoms with E-state index in [1.807, 2.05) is 32.0 Å². The van der Waals surface area contributed by atoms with E-state index in [0.29, 0.717) is 16.7 Å². The molecule has 0 aliphatic heterocycles. The molecule has 3 aromatic rings. The summed E-state index contributed by atoms with van der Waals surface area (Å²) in [7, 11) is 0. The molecule has 3 rings (SSSR count). The van der Waals surface area contributed by atoms with Crippen LogP contribution in [0.3, 0.4) is 0 Å². The van der Waals surface area contributed by atoms with Gasteiger partial charge >= 0.3 is 0 Å². The minimum atomic E-state index is -0.202. The van der Waals surface area contributed by atoms with Crippen LogP contribution in [0.25, 0.3) is 4.96 Å². The highest BCUT2D eigenvalue weighted by Gasteiger charge is 2.19. The highest BCUT2D eigenvalue weighted by atomic mass is 32.2. The van der Waals surface area contributed by atoms with Gasteiger partial charge in [-0.1, -0.05) is 55.1 Å². The molecule has 1 amide bonds. The molecule has 0 aliphatic carbocycles. The first-order valence-corrected chi connectivity index (χ1v) is 10.6. The van der Waals surface area contributed by atoms with Crippen molar-refractivity contribution in [2.24, 2.45) is 11.7 Å². The van der Waals surface area contributed by atoms with E-state index in [4.69, 9.17) is 5.73 Å². The van der Waals surface area contributed by atoms with E-state index in [1.165, 1.54) is 23.1 Å². The van der Waals surface area contributed by atoms with Crippen LogP contribution >= 0.6 is 23.1 Å². The standard InChI is InChI=1S/C18H24N6OS2/c1-10(2)8-13(19)16-21-22-17-24(16)23-18(27-17)26-9-14(25)20-15-11(3)6-5-7-12(15)4/h5-7,10,13H,8-9,19H2,1-4H3,(H,20,25)/t13-/m0/s1. The number of fused-ring (bicyclic) bond motifs is 1. The lowest BCUT2D eigenvalue weighted by atomic mass is 10.0. The summed E-state index contributed by atoms with van der Waals surface area (Å²) in [6.07, 6.45) is 0.818. The van der Waals surface area contributed by atoms with E-state index < -0.39 is 0 Å². The van der Waals surface area contributed by atoms with Crippen LogP contribution in [0.5, 0.6) is 0 Å². The van der Waals surface area contributed by atoms with Crippen LogP contribution in [0, 0.1) is 19.8 Å². The summed E-state index contributed by atoms with van der Waals surface area (Å²) in [5.41, 5.74) is 9.20. The molecular formula is C18H24N6OS2. The molecule has 0 saturated heterocycles. The van der Waals surface area contributed by atoms with E-state index in [0.717, 1.165) is 27.6 Å². The van der Waals surface area contributed by atoms with Crippen LogP contribution < -0.4 is 11.1 Å². The van der Waals surface area contributed by atoms with Gasteiger partial charge in [0.1, 0.15) is 0 Å². The summed E-state index contributed by atoms with van der Waals surface area (Å²) in [5, 5.41) is 15.8. The minimum Gasteiger partial charge on any atom is -0.325 e. The number of thioether (sulfide) groups is 1. The molecule has 0 bridgehead atoms. The number of rotatable bonds is 7. The summed E-state index contributed by atoms with van der Waals surface area (Å²) in [6, 6.07) is 5.75. The lowest BCUT2D eigenvalue weighted by Gasteiger charge is -2.11. The van der Waals surface area contributed by atoms with Gasteiger partial charge in [0.2, 0.25) is 10.9 Å². The summed E-state index contributed by atoms with van der Waals surface area (Å²) in [5.74, 6) is 1.36. The third-order valence-corrected chi connectivity index (χ3v) is 6.16.